The van der Waals surface area contributed by atoms with E-state index in [4.69, 9.17) is 4.74 Å². The van der Waals surface area contributed by atoms with Gasteiger partial charge in [0, 0.05) is 6.07 Å². The molecule has 0 aliphatic heterocycles. The molecule has 1 aromatic rings. The fourth-order valence-electron chi connectivity index (χ4n) is 0.956. The van der Waals surface area contributed by atoms with Gasteiger partial charge in [-0.15, -0.1) is 3.89 Å². The molecule has 15 heavy (non-hydrogen) atoms. The SMILES string of the molecule is CCOc1cc(S(=O)(=O)F)cc(Br)c1O. The quantitative estimate of drug-likeness (QED) is 0.869. The van der Waals surface area contributed by atoms with Crippen molar-refractivity contribution in [2.24, 2.45) is 0 Å². The van der Waals surface area contributed by atoms with Crippen LogP contribution in [0.1, 0.15) is 6.92 Å². The summed E-state index contributed by atoms with van der Waals surface area (Å²) in [7, 11) is -4.80. The largest absolute Gasteiger partial charge is 0.503 e. The maximum absolute atomic E-state index is 12.7. The molecule has 0 fully saturated rings. The Kier molecular flexibility index (Phi) is 3.56. The van der Waals surface area contributed by atoms with Crippen LogP contribution in [-0.4, -0.2) is 20.1 Å². The van der Waals surface area contributed by atoms with Crippen LogP contribution in [0.3, 0.4) is 0 Å². The van der Waals surface area contributed by atoms with Gasteiger partial charge < -0.3 is 9.84 Å². The fraction of sp³-hybridized carbons (Fsp3) is 0.250. The van der Waals surface area contributed by atoms with E-state index in [-0.39, 0.29) is 22.6 Å². The van der Waals surface area contributed by atoms with E-state index in [0.29, 0.717) is 0 Å². The molecule has 0 amide bonds. The minimum absolute atomic E-state index is 0.0599. The minimum Gasteiger partial charge on any atom is -0.503 e. The third kappa shape index (κ3) is 2.82. The van der Waals surface area contributed by atoms with Gasteiger partial charge in [-0.05, 0) is 28.9 Å². The van der Waals surface area contributed by atoms with Crippen molar-refractivity contribution in [3.8, 4) is 11.5 Å². The number of phenolic OH excluding ortho intramolecular Hbond substituents is 1. The summed E-state index contributed by atoms with van der Waals surface area (Å²) in [6.45, 7) is 1.89. The molecule has 0 saturated heterocycles. The highest BCUT2D eigenvalue weighted by Crippen LogP contribution is 2.37. The molecule has 0 unspecified atom stereocenters. The van der Waals surface area contributed by atoms with E-state index < -0.39 is 15.1 Å². The van der Waals surface area contributed by atoms with Crippen LogP contribution in [0.15, 0.2) is 21.5 Å². The van der Waals surface area contributed by atoms with E-state index in [1.165, 1.54) is 0 Å². The summed E-state index contributed by atoms with van der Waals surface area (Å²) >= 11 is 2.90. The molecule has 0 spiro atoms. The van der Waals surface area contributed by atoms with E-state index in [2.05, 4.69) is 15.9 Å². The lowest BCUT2D eigenvalue weighted by atomic mass is 10.3. The lowest BCUT2D eigenvalue weighted by molar-refractivity contribution is 0.316. The lowest BCUT2D eigenvalue weighted by Gasteiger charge is -2.08. The number of aromatic hydroxyl groups is 1. The molecule has 0 radical (unpaired) electrons. The summed E-state index contributed by atoms with van der Waals surface area (Å²) in [6.07, 6.45) is 0. The van der Waals surface area contributed by atoms with Crippen molar-refractivity contribution < 1.29 is 22.1 Å². The molecule has 0 aliphatic carbocycles. The van der Waals surface area contributed by atoms with Gasteiger partial charge in [-0.3, -0.25) is 0 Å². The van der Waals surface area contributed by atoms with Crippen LogP contribution in [0, 0.1) is 0 Å². The first kappa shape index (κ1) is 12.3. The van der Waals surface area contributed by atoms with E-state index >= 15 is 0 Å². The molecule has 0 aromatic heterocycles. The highest BCUT2D eigenvalue weighted by molar-refractivity contribution is 9.10. The number of rotatable bonds is 3. The van der Waals surface area contributed by atoms with Gasteiger partial charge in [0.25, 0.3) is 0 Å². The molecule has 0 saturated carbocycles. The number of halogens is 2. The Morgan fingerprint density at radius 2 is 2.13 bits per heavy atom. The monoisotopic (exact) mass is 298 g/mol. The van der Waals surface area contributed by atoms with Gasteiger partial charge in [0.1, 0.15) is 4.90 Å². The van der Waals surface area contributed by atoms with Crippen molar-refractivity contribution in [1.82, 2.24) is 0 Å². The van der Waals surface area contributed by atoms with Crippen molar-refractivity contribution in [2.45, 2.75) is 11.8 Å². The molecular formula is C8H8BrFO4S. The van der Waals surface area contributed by atoms with Crippen LogP contribution in [0.2, 0.25) is 0 Å². The first-order valence-electron chi connectivity index (χ1n) is 3.96. The van der Waals surface area contributed by atoms with Crippen molar-refractivity contribution in [1.29, 1.82) is 0 Å². The lowest BCUT2D eigenvalue weighted by Crippen LogP contribution is -1.97. The molecule has 0 aliphatic rings. The topological polar surface area (TPSA) is 63.6 Å². The summed E-state index contributed by atoms with van der Waals surface area (Å²) in [5.74, 6) is -0.340. The zero-order valence-corrected chi connectivity index (χ0v) is 10.1. The molecule has 4 nitrogen and oxygen atoms in total. The van der Waals surface area contributed by atoms with Crippen LogP contribution < -0.4 is 4.74 Å². The van der Waals surface area contributed by atoms with Crippen molar-refractivity contribution in [3.05, 3.63) is 16.6 Å². The standard InChI is InChI=1S/C8H8BrFO4S/c1-2-14-7-4-5(15(10,12)13)3-6(9)8(7)11/h3-4,11H,2H2,1H3. The van der Waals surface area contributed by atoms with Crippen molar-refractivity contribution in [3.63, 3.8) is 0 Å². The van der Waals surface area contributed by atoms with Crippen LogP contribution in [0.5, 0.6) is 11.5 Å². The van der Waals surface area contributed by atoms with Gasteiger partial charge in [-0.25, -0.2) is 0 Å². The summed E-state index contributed by atoms with van der Waals surface area (Å²) in [6, 6.07) is 1.89. The Bertz CT molecular complexity index is 472. The molecule has 0 bridgehead atoms. The third-order valence-electron chi connectivity index (χ3n) is 1.58. The second kappa shape index (κ2) is 4.36. The predicted molar refractivity (Wildman–Crippen MR) is 55.3 cm³/mol. The van der Waals surface area contributed by atoms with Gasteiger partial charge >= 0.3 is 10.2 Å². The smallest absolute Gasteiger partial charge is 0.332 e. The average molecular weight is 299 g/mol. The highest BCUT2D eigenvalue weighted by Gasteiger charge is 2.18. The summed E-state index contributed by atoms with van der Waals surface area (Å²) in [5.41, 5.74) is 0. The number of hydrogen-bond donors (Lipinski definition) is 1. The Balaban J connectivity index is 3.36. The van der Waals surface area contributed by atoms with E-state index in [0.717, 1.165) is 12.1 Å². The van der Waals surface area contributed by atoms with Crippen LogP contribution in [-0.2, 0) is 10.2 Å². The van der Waals surface area contributed by atoms with E-state index in [1.807, 2.05) is 0 Å². The molecule has 84 valence electrons. The van der Waals surface area contributed by atoms with Crippen LogP contribution in [0.4, 0.5) is 3.89 Å². The first-order valence-corrected chi connectivity index (χ1v) is 6.14. The molecule has 0 atom stereocenters. The zero-order chi connectivity index (χ0) is 11.6. The molecule has 1 aromatic carbocycles. The average Bonchev–Trinajstić information content (AvgIpc) is 2.11. The maximum atomic E-state index is 12.7. The summed E-state index contributed by atoms with van der Waals surface area (Å²) in [4.78, 5) is -0.560. The molecular weight excluding hydrogens is 291 g/mol. The molecule has 7 heteroatoms. The van der Waals surface area contributed by atoms with E-state index in [9.17, 15) is 17.4 Å². The number of ether oxygens (including phenoxy) is 1. The molecule has 1 rings (SSSR count). The second-order valence-corrected chi connectivity index (χ2v) is 4.82. The predicted octanol–water partition coefficient (Wildman–Crippen LogP) is 2.21. The Hall–Kier alpha value is -0.820. The zero-order valence-electron chi connectivity index (χ0n) is 7.70. The Labute approximate surface area is 95.0 Å². The minimum atomic E-state index is -4.80. The molecule has 0 heterocycles. The number of hydrogen-bond acceptors (Lipinski definition) is 4. The number of benzene rings is 1. The van der Waals surface area contributed by atoms with E-state index in [1.54, 1.807) is 6.92 Å². The van der Waals surface area contributed by atoms with Gasteiger partial charge in [0.15, 0.2) is 11.5 Å². The van der Waals surface area contributed by atoms with Gasteiger partial charge in [-0.1, -0.05) is 0 Å². The maximum Gasteiger partial charge on any atom is 0.332 e. The van der Waals surface area contributed by atoms with Crippen LogP contribution >= 0.6 is 15.9 Å². The van der Waals surface area contributed by atoms with Crippen molar-refractivity contribution in [2.75, 3.05) is 6.61 Å². The fourth-order valence-corrected chi connectivity index (χ4v) is 2.06. The van der Waals surface area contributed by atoms with Gasteiger partial charge in [-0.2, -0.15) is 8.42 Å². The summed E-state index contributed by atoms with van der Waals surface area (Å²) in [5, 5.41) is 9.43. The normalized spacial score (nSPS) is 11.4. The summed E-state index contributed by atoms with van der Waals surface area (Å²) < 4.78 is 38.9. The second-order valence-electron chi connectivity index (χ2n) is 2.62. The first-order chi connectivity index (χ1) is 6.86. The highest BCUT2D eigenvalue weighted by atomic mass is 79.9. The van der Waals surface area contributed by atoms with Crippen molar-refractivity contribution >= 4 is 26.2 Å². The molecule has 1 N–H and O–H groups in total. The Morgan fingerprint density at radius 1 is 1.53 bits per heavy atom. The van der Waals surface area contributed by atoms with Gasteiger partial charge in [0.2, 0.25) is 0 Å². The van der Waals surface area contributed by atoms with Crippen LogP contribution in [0.25, 0.3) is 0 Å². The third-order valence-corrected chi connectivity index (χ3v) is 2.99. The Morgan fingerprint density at radius 3 is 2.60 bits per heavy atom. The van der Waals surface area contributed by atoms with Gasteiger partial charge in [0.05, 0.1) is 11.1 Å². The number of phenols is 1.